The number of hydrogen-bond acceptors (Lipinski definition) is 5. The van der Waals surface area contributed by atoms with Gasteiger partial charge in [-0.2, -0.15) is 0 Å². The summed E-state index contributed by atoms with van der Waals surface area (Å²) in [4.78, 5) is 12.6. The van der Waals surface area contributed by atoms with Crippen molar-refractivity contribution in [2.45, 2.75) is 24.7 Å². The number of carbonyl (C=O) groups excluding carboxylic acids is 1. The van der Waals surface area contributed by atoms with Crippen molar-refractivity contribution in [1.29, 1.82) is 0 Å². The predicted molar refractivity (Wildman–Crippen MR) is 71.5 cm³/mol. The summed E-state index contributed by atoms with van der Waals surface area (Å²) >= 11 is 0. The molecule has 1 fully saturated rings. The normalized spacial score (nSPS) is 26.4. The number of hydrogen-bond donors (Lipinski definition) is 2. The lowest BCUT2D eigenvalue weighted by Gasteiger charge is -2.22. The molecular weight excluding hydrogens is 246 g/mol. The molecule has 0 bridgehead atoms. The van der Waals surface area contributed by atoms with Crippen LogP contribution in [0.4, 0.5) is 5.69 Å². The molecule has 0 aromatic heterocycles. The van der Waals surface area contributed by atoms with E-state index in [1.54, 1.807) is 12.1 Å². The van der Waals surface area contributed by atoms with Crippen LogP contribution in [-0.4, -0.2) is 55.0 Å². The summed E-state index contributed by atoms with van der Waals surface area (Å²) in [5, 5.41) is 19.1. The molecule has 0 amide bonds. The van der Waals surface area contributed by atoms with E-state index in [0.29, 0.717) is 18.5 Å². The lowest BCUT2D eigenvalue weighted by molar-refractivity contribution is 0.0206. The van der Waals surface area contributed by atoms with Crippen LogP contribution in [0.2, 0.25) is 0 Å². The van der Waals surface area contributed by atoms with Gasteiger partial charge >= 0.3 is 0 Å². The number of aliphatic hydroxyl groups excluding tert-OH is 2. The molecule has 1 aromatic rings. The molecule has 1 aromatic carbocycles. The molecule has 1 aliphatic rings. The average molecular weight is 265 g/mol. The number of anilines is 1. The maximum atomic E-state index is 10.6. The smallest absolute Gasteiger partial charge is 0.150 e. The van der Waals surface area contributed by atoms with Crippen LogP contribution in [0.1, 0.15) is 16.8 Å². The van der Waals surface area contributed by atoms with E-state index in [2.05, 4.69) is 0 Å². The van der Waals surface area contributed by atoms with Gasteiger partial charge in [-0.05, 0) is 30.7 Å². The van der Waals surface area contributed by atoms with Crippen molar-refractivity contribution in [3.05, 3.63) is 29.8 Å². The summed E-state index contributed by atoms with van der Waals surface area (Å²) in [7, 11) is 1.94. The Morgan fingerprint density at radius 2 is 2.05 bits per heavy atom. The molecule has 5 heteroatoms. The van der Waals surface area contributed by atoms with E-state index in [-0.39, 0.29) is 12.7 Å². The minimum absolute atomic E-state index is 0.198. The molecule has 1 heterocycles. The molecule has 0 spiro atoms. The molecular formula is C14H19NO4. The second-order valence-corrected chi connectivity index (χ2v) is 4.85. The Hall–Kier alpha value is -1.43. The van der Waals surface area contributed by atoms with E-state index >= 15 is 0 Å². The third-order valence-electron chi connectivity index (χ3n) is 3.48. The Morgan fingerprint density at radius 1 is 1.37 bits per heavy atom. The highest BCUT2D eigenvalue weighted by Crippen LogP contribution is 2.19. The Balaban J connectivity index is 1.86. The molecule has 3 atom stereocenters. The largest absolute Gasteiger partial charge is 0.388 e. The van der Waals surface area contributed by atoms with Crippen LogP contribution in [0.15, 0.2) is 24.3 Å². The fourth-order valence-corrected chi connectivity index (χ4v) is 2.18. The molecule has 19 heavy (non-hydrogen) atoms. The van der Waals surface area contributed by atoms with Gasteiger partial charge < -0.3 is 19.8 Å². The quantitative estimate of drug-likeness (QED) is 0.756. The Morgan fingerprint density at radius 3 is 2.58 bits per heavy atom. The van der Waals surface area contributed by atoms with Crippen LogP contribution in [0.3, 0.4) is 0 Å². The monoisotopic (exact) mass is 265 g/mol. The van der Waals surface area contributed by atoms with Crippen molar-refractivity contribution >= 4 is 12.0 Å². The summed E-state index contributed by atoms with van der Waals surface area (Å²) in [6, 6.07) is 7.29. The van der Waals surface area contributed by atoms with Gasteiger partial charge in [-0.25, -0.2) is 0 Å². The van der Waals surface area contributed by atoms with Crippen molar-refractivity contribution in [2.75, 3.05) is 25.1 Å². The topological polar surface area (TPSA) is 70.0 Å². The van der Waals surface area contributed by atoms with E-state index < -0.39 is 12.2 Å². The van der Waals surface area contributed by atoms with Gasteiger partial charge in [0.05, 0.1) is 12.7 Å². The lowest BCUT2D eigenvalue weighted by atomic mass is 10.1. The highest BCUT2D eigenvalue weighted by Gasteiger charge is 2.34. The van der Waals surface area contributed by atoms with E-state index in [1.165, 1.54) is 0 Å². The molecule has 2 rings (SSSR count). The zero-order valence-corrected chi connectivity index (χ0v) is 10.9. The molecule has 0 radical (unpaired) electrons. The Kier molecular flexibility index (Phi) is 4.52. The highest BCUT2D eigenvalue weighted by molar-refractivity contribution is 5.75. The number of aliphatic hydroxyl groups is 2. The van der Waals surface area contributed by atoms with E-state index in [0.717, 1.165) is 12.0 Å². The van der Waals surface area contributed by atoms with Crippen LogP contribution in [-0.2, 0) is 4.74 Å². The van der Waals surface area contributed by atoms with Gasteiger partial charge in [-0.3, -0.25) is 4.79 Å². The van der Waals surface area contributed by atoms with E-state index in [1.807, 2.05) is 24.1 Å². The second kappa shape index (κ2) is 6.14. The van der Waals surface area contributed by atoms with Gasteiger partial charge in [0.2, 0.25) is 0 Å². The number of carbonyl (C=O) groups is 1. The summed E-state index contributed by atoms with van der Waals surface area (Å²) in [5.74, 6) is 0. The Bertz CT molecular complexity index is 420. The first-order chi connectivity index (χ1) is 9.11. The van der Waals surface area contributed by atoms with Crippen molar-refractivity contribution in [3.8, 4) is 0 Å². The Labute approximate surface area is 112 Å². The van der Waals surface area contributed by atoms with E-state index in [4.69, 9.17) is 4.74 Å². The number of rotatable bonds is 5. The van der Waals surface area contributed by atoms with Gasteiger partial charge in [0.25, 0.3) is 0 Å². The van der Waals surface area contributed by atoms with Crippen molar-refractivity contribution in [1.82, 2.24) is 0 Å². The first-order valence-electron chi connectivity index (χ1n) is 6.36. The minimum Gasteiger partial charge on any atom is -0.388 e. The fraction of sp³-hybridized carbons (Fsp3) is 0.500. The van der Waals surface area contributed by atoms with Crippen molar-refractivity contribution in [3.63, 3.8) is 0 Å². The minimum atomic E-state index is -0.800. The third kappa shape index (κ3) is 3.32. The van der Waals surface area contributed by atoms with Crippen LogP contribution in [0.25, 0.3) is 0 Å². The number of benzene rings is 1. The van der Waals surface area contributed by atoms with Crippen LogP contribution < -0.4 is 4.90 Å². The van der Waals surface area contributed by atoms with Crippen LogP contribution >= 0.6 is 0 Å². The zero-order chi connectivity index (χ0) is 13.8. The lowest BCUT2D eigenvalue weighted by Crippen LogP contribution is -2.32. The molecule has 1 aliphatic heterocycles. The van der Waals surface area contributed by atoms with Gasteiger partial charge in [-0.15, -0.1) is 0 Å². The summed E-state index contributed by atoms with van der Waals surface area (Å²) < 4.78 is 5.33. The van der Waals surface area contributed by atoms with Crippen molar-refractivity contribution in [2.24, 2.45) is 0 Å². The van der Waals surface area contributed by atoms with Gasteiger partial charge in [0, 0.05) is 24.8 Å². The number of nitrogens with zero attached hydrogens (tertiary/aromatic N) is 1. The number of ether oxygens (including phenoxy) is 1. The maximum Gasteiger partial charge on any atom is 0.150 e. The zero-order valence-electron chi connectivity index (χ0n) is 10.9. The molecule has 3 unspecified atom stereocenters. The SMILES string of the molecule is CN(CCC1OCC(O)C1O)c1ccc(C=O)cc1. The van der Waals surface area contributed by atoms with Crippen LogP contribution in [0.5, 0.6) is 0 Å². The third-order valence-corrected chi connectivity index (χ3v) is 3.48. The second-order valence-electron chi connectivity index (χ2n) is 4.85. The summed E-state index contributed by atoms with van der Waals surface area (Å²) in [5.41, 5.74) is 1.65. The molecule has 1 saturated heterocycles. The molecule has 0 aliphatic carbocycles. The molecule has 2 N–H and O–H groups in total. The maximum absolute atomic E-state index is 10.6. The average Bonchev–Trinajstić information content (AvgIpc) is 2.76. The predicted octanol–water partition coefficient (Wildman–Crippen LogP) is 0.446. The first kappa shape index (κ1) is 14.0. The fourth-order valence-electron chi connectivity index (χ4n) is 2.18. The standard InChI is InChI=1S/C14H19NO4/c1-15(11-4-2-10(8-16)3-5-11)7-6-13-14(18)12(17)9-19-13/h2-5,8,12-14,17-18H,6-7,9H2,1H3. The number of aldehydes is 1. The summed E-state index contributed by atoms with van der Waals surface area (Å²) in [6.07, 6.45) is -0.433. The van der Waals surface area contributed by atoms with Crippen LogP contribution in [0, 0.1) is 0 Å². The molecule has 0 saturated carbocycles. The van der Waals surface area contributed by atoms with E-state index in [9.17, 15) is 15.0 Å². The molecule has 104 valence electrons. The van der Waals surface area contributed by atoms with Crippen molar-refractivity contribution < 1.29 is 19.7 Å². The van der Waals surface area contributed by atoms with Gasteiger partial charge in [-0.1, -0.05) is 0 Å². The summed E-state index contributed by atoms with van der Waals surface area (Å²) in [6.45, 7) is 0.901. The molecule has 5 nitrogen and oxygen atoms in total. The highest BCUT2D eigenvalue weighted by atomic mass is 16.5. The van der Waals surface area contributed by atoms with Gasteiger partial charge in [0.1, 0.15) is 18.5 Å². The first-order valence-corrected chi connectivity index (χ1v) is 6.36. The van der Waals surface area contributed by atoms with Gasteiger partial charge in [0.15, 0.2) is 0 Å².